The molecule has 11 heteroatoms. The first-order valence-electron chi connectivity index (χ1n) is 8.32. The average molecular weight is 360 g/mol. The summed E-state index contributed by atoms with van der Waals surface area (Å²) in [6.45, 7) is 4.95. The number of hydrogen-bond acceptors (Lipinski definition) is 10. The molecule has 0 aromatic carbocycles. The molecule has 26 heavy (non-hydrogen) atoms. The number of morpholine rings is 1. The van der Waals surface area contributed by atoms with Gasteiger partial charge in [-0.05, 0) is 6.92 Å². The summed E-state index contributed by atoms with van der Waals surface area (Å²) in [5.41, 5.74) is 0. The van der Waals surface area contributed by atoms with Crippen molar-refractivity contribution in [3.63, 3.8) is 0 Å². The van der Waals surface area contributed by atoms with E-state index in [0.29, 0.717) is 19.0 Å². The number of carbonyl (C=O) groups excluding carboxylic acids is 1. The Morgan fingerprint density at radius 1 is 1.38 bits per heavy atom. The third-order valence-corrected chi connectivity index (χ3v) is 3.72. The Hall–Kier alpha value is -2.95. The topological polar surface area (TPSA) is 120 Å². The summed E-state index contributed by atoms with van der Waals surface area (Å²) in [4.78, 5) is 22.5. The van der Waals surface area contributed by atoms with E-state index in [1.807, 2.05) is 0 Å². The molecule has 1 unspecified atom stereocenters. The summed E-state index contributed by atoms with van der Waals surface area (Å²) in [6, 6.07) is 1.03. The van der Waals surface area contributed by atoms with Crippen molar-refractivity contribution in [1.29, 1.82) is 0 Å². The summed E-state index contributed by atoms with van der Waals surface area (Å²) >= 11 is 0. The lowest BCUT2D eigenvalue weighted by atomic mass is 10.3. The van der Waals surface area contributed by atoms with Gasteiger partial charge >= 0.3 is 5.97 Å². The van der Waals surface area contributed by atoms with Crippen LogP contribution < -0.4 is 4.90 Å². The molecule has 1 saturated heterocycles. The van der Waals surface area contributed by atoms with Crippen LogP contribution in [0.25, 0.3) is 0 Å². The quantitative estimate of drug-likeness (QED) is 0.525. The van der Waals surface area contributed by atoms with Crippen molar-refractivity contribution in [3.05, 3.63) is 24.8 Å². The minimum absolute atomic E-state index is 0.0685. The fourth-order valence-corrected chi connectivity index (χ4v) is 2.44. The van der Waals surface area contributed by atoms with Gasteiger partial charge in [0.15, 0.2) is 11.9 Å². The molecule has 11 nitrogen and oxygen atoms in total. The number of azo groups is 1. The lowest BCUT2D eigenvalue weighted by Gasteiger charge is -2.27. The Kier molecular flexibility index (Phi) is 6.14. The van der Waals surface area contributed by atoms with Crippen LogP contribution in [-0.4, -0.2) is 70.4 Å². The fraction of sp³-hybridized carbons (Fsp3) is 0.533. The summed E-state index contributed by atoms with van der Waals surface area (Å²) in [6.07, 6.45) is 4.51. The van der Waals surface area contributed by atoms with Crippen LogP contribution in [0.5, 0.6) is 0 Å². The highest BCUT2D eigenvalue weighted by atomic mass is 16.5. The molecule has 0 amide bonds. The minimum Gasteiger partial charge on any atom is -0.464 e. The van der Waals surface area contributed by atoms with Crippen LogP contribution in [0.15, 0.2) is 35.0 Å². The summed E-state index contributed by atoms with van der Waals surface area (Å²) in [7, 11) is 0. The van der Waals surface area contributed by atoms with E-state index in [9.17, 15) is 4.79 Å². The van der Waals surface area contributed by atoms with Gasteiger partial charge in [-0.3, -0.25) is 0 Å². The molecule has 3 rings (SSSR count). The van der Waals surface area contributed by atoms with Gasteiger partial charge in [0.2, 0.25) is 0 Å². The molecule has 0 aliphatic carbocycles. The lowest BCUT2D eigenvalue weighted by molar-refractivity contribution is -0.147. The first kappa shape index (κ1) is 17.9. The molecule has 2 aromatic heterocycles. The van der Waals surface area contributed by atoms with Crippen molar-refractivity contribution < 1.29 is 14.3 Å². The van der Waals surface area contributed by atoms with E-state index < -0.39 is 12.0 Å². The van der Waals surface area contributed by atoms with Crippen molar-refractivity contribution in [3.8, 4) is 0 Å². The van der Waals surface area contributed by atoms with Gasteiger partial charge in [-0.25, -0.2) is 19.4 Å². The van der Waals surface area contributed by atoms with E-state index in [-0.39, 0.29) is 13.2 Å². The maximum atomic E-state index is 12.1. The number of aromatic nitrogens is 5. The Morgan fingerprint density at radius 3 is 2.96 bits per heavy atom. The molecule has 0 bridgehead atoms. The van der Waals surface area contributed by atoms with Gasteiger partial charge in [0.05, 0.1) is 32.6 Å². The molecule has 1 fully saturated rings. The molecule has 0 N–H and O–H groups in total. The Balaban J connectivity index is 1.67. The predicted octanol–water partition coefficient (Wildman–Crippen LogP) is 0.793. The molecular formula is C15H20N8O3. The normalized spacial score (nSPS) is 16.0. The van der Waals surface area contributed by atoms with Crippen LogP contribution >= 0.6 is 0 Å². The molecule has 138 valence electrons. The van der Waals surface area contributed by atoms with Gasteiger partial charge in [-0.15, -0.1) is 10.2 Å². The largest absolute Gasteiger partial charge is 0.464 e. The van der Waals surface area contributed by atoms with Gasteiger partial charge in [0, 0.05) is 25.4 Å². The number of rotatable bonds is 7. The molecule has 1 atom stereocenters. The molecule has 0 saturated carbocycles. The van der Waals surface area contributed by atoms with Crippen LogP contribution in [0.3, 0.4) is 0 Å². The van der Waals surface area contributed by atoms with Crippen molar-refractivity contribution >= 4 is 17.6 Å². The number of hydrogen-bond donors (Lipinski definition) is 0. The second-order valence-electron chi connectivity index (χ2n) is 5.41. The average Bonchev–Trinajstić information content (AvgIpc) is 3.21. The molecule has 1 aliphatic heterocycles. The SMILES string of the molecule is CCOC(=O)C(CN=Nc1cc(N2CCOCC2)ncn1)n1ccnn1. The first-order valence-corrected chi connectivity index (χ1v) is 8.32. The van der Waals surface area contributed by atoms with Crippen molar-refractivity contribution in [1.82, 2.24) is 25.0 Å². The monoisotopic (exact) mass is 360 g/mol. The van der Waals surface area contributed by atoms with E-state index >= 15 is 0 Å². The summed E-state index contributed by atoms with van der Waals surface area (Å²) < 4.78 is 11.8. The standard InChI is InChI=1S/C15H20N8O3/c1-2-26-15(24)12(23-4-3-18-21-23)10-19-20-13-9-14(17-11-16-13)22-5-7-25-8-6-22/h3-4,9,11-12H,2,5-8,10H2,1H3. The van der Waals surface area contributed by atoms with Gasteiger partial charge in [0.1, 0.15) is 12.1 Å². The fourth-order valence-electron chi connectivity index (χ4n) is 2.44. The van der Waals surface area contributed by atoms with E-state index in [4.69, 9.17) is 9.47 Å². The molecule has 2 aromatic rings. The zero-order valence-electron chi connectivity index (χ0n) is 14.4. The second kappa shape index (κ2) is 8.94. The van der Waals surface area contributed by atoms with Crippen LogP contribution in [0.1, 0.15) is 13.0 Å². The summed E-state index contributed by atoms with van der Waals surface area (Å²) in [5, 5.41) is 15.7. The molecule has 0 radical (unpaired) electrons. The first-order chi connectivity index (χ1) is 12.8. The third-order valence-electron chi connectivity index (χ3n) is 3.72. The predicted molar refractivity (Wildman–Crippen MR) is 90.1 cm³/mol. The van der Waals surface area contributed by atoms with E-state index in [2.05, 4.69) is 35.4 Å². The van der Waals surface area contributed by atoms with Crippen molar-refractivity contribution in [2.75, 3.05) is 44.4 Å². The number of nitrogens with zero attached hydrogens (tertiary/aromatic N) is 8. The molecular weight excluding hydrogens is 340 g/mol. The number of carbonyl (C=O) groups is 1. The van der Waals surface area contributed by atoms with E-state index in [1.54, 1.807) is 19.2 Å². The highest BCUT2D eigenvalue weighted by Gasteiger charge is 2.22. The third kappa shape index (κ3) is 4.57. The smallest absolute Gasteiger partial charge is 0.333 e. The van der Waals surface area contributed by atoms with Crippen molar-refractivity contribution in [2.45, 2.75) is 13.0 Å². The van der Waals surface area contributed by atoms with Crippen LogP contribution in [0.2, 0.25) is 0 Å². The van der Waals surface area contributed by atoms with Crippen molar-refractivity contribution in [2.24, 2.45) is 10.2 Å². The van der Waals surface area contributed by atoms with Crippen LogP contribution in [-0.2, 0) is 14.3 Å². The maximum Gasteiger partial charge on any atom is 0.333 e. The number of ether oxygens (including phenoxy) is 2. The van der Waals surface area contributed by atoms with Gasteiger partial charge in [-0.1, -0.05) is 5.21 Å². The number of esters is 1. The maximum absolute atomic E-state index is 12.1. The highest BCUT2D eigenvalue weighted by molar-refractivity contribution is 5.74. The zero-order chi connectivity index (χ0) is 18.2. The molecule has 1 aliphatic rings. The van der Waals surface area contributed by atoms with Gasteiger partial charge < -0.3 is 14.4 Å². The zero-order valence-corrected chi connectivity index (χ0v) is 14.4. The van der Waals surface area contributed by atoms with Gasteiger partial charge in [-0.2, -0.15) is 5.11 Å². The molecule has 0 spiro atoms. The number of anilines is 1. The Morgan fingerprint density at radius 2 is 2.23 bits per heavy atom. The Labute approximate surface area is 150 Å². The Bertz CT molecular complexity index is 730. The highest BCUT2D eigenvalue weighted by Crippen LogP contribution is 2.18. The van der Waals surface area contributed by atoms with Gasteiger partial charge in [0.25, 0.3) is 0 Å². The summed E-state index contributed by atoms with van der Waals surface area (Å²) in [5.74, 6) is 0.756. The van der Waals surface area contributed by atoms with Crippen LogP contribution in [0.4, 0.5) is 11.6 Å². The van der Waals surface area contributed by atoms with E-state index in [1.165, 1.54) is 17.2 Å². The second-order valence-corrected chi connectivity index (χ2v) is 5.41. The van der Waals surface area contributed by atoms with E-state index in [0.717, 1.165) is 18.9 Å². The minimum atomic E-state index is -0.721. The molecule has 3 heterocycles. The lowest BCUT2D eigenvalue weighted by Crippen LogP contribution is -2.36. The van der Waals surface area contributed by atoms with Crippen LogP contribution in [0, 0.1) is 0 Å².